The van der Waals surface area contributed by atoms with Crippen LogP contribution < -0.4 is 18.9 Å². The fourth-order valence-electron chi connectivity index (χ4n) is 3.79. The van der Waals surface area contributed by atoms with Crippen LogP contribution in [0.2, 0.25) is 0 Å². The number of hydrogen-bond acceptors (Lipinski definition) is 11. The Morgan fingerprint density at radius 3 is 2.15 bits per heavy atom. The minimum atomic E-state index is -4.23. The van der Waals surface area contributed by atoms with Gasteiger partial charge in [0.2, 0.25) is 21.9 Å². The maximum atomic E-state index is 13.6. The molecule has 0 radical (unpaired) electrons. The molecule has 1 aromatic carbocycles. The van der Waals surface area contributed by atoms with E-state index in [0.717, 1.165) is 12.4 Å². The highest BCUT2D eigenvalue weighted by molar-refractivity contribution is 7.93. The number of methoxy groups -OCH3 is 4. The summed E-state index contributed by atoms with van der Waals surface area (Å²) in [5, 5.41) is 7.11. The molecule has 0 spiro atoms. The second-order valence-electron chi connectivity index (χ2n) is 8.03. The number of nitrogens with one attached hydrogen (secondary N) is 1. The Balaban J connectivity index is 1.85. The molecule has 0 amide bonds. The Morgan fingerprint density at radius 1 is 0.923 bits per heavy atom. The second-order valence-corrected chi connectivity index (χ2v) is 10.1. The molecule has 0 saturated carbocycles. The van der Waals surface area contributed by atoms with E-state index < -0.39 is 27.2 Å². The van der Waals surface area contributed by atoms with Crippen LogP contribution >= 0.6 is 0 Å². The summed E-state index contributed by atoms with van der Waals surface area (Å²) >= 11 is 0. The average molecular weight is 560 g/mol. The predicted molar refractivity (Wildman–Crippen MR) is 138 cm³/mol. The summed E-state index contributed by atoms with van der Waals surface area (Å²) in [6.45, 7) is 1.40. The number of sulfonamides is 1. The van der Waals surface area contributed by atoms with E-state index >= 15 is 0 Å². The highest BCUT2D eigenvalue weighted by Gasteiger charge is 2.35. The number of aromatic nitrogens is 6. The highest BCUT2D eigenvalue weighted by atomic mass is 32.2. The van der Waals surface area contributed by atoms with Crippen molar-refractivity contribution >= 4 is 16.0 Å². The number of benzene rings is 1. The standard InChI is InChI=1S/C24H26FN7O6S/c1-14(21(38-5)22-26-12-15(25)13-27-22)39(33,34)31-24-30-29-23(16-8-6-11-19(28-16)37-4)32(24)20-17(35-2)9-7-10-18(20)36-3/h6-14,21H,1-5H3,(H,30,31)/t14-,21-/m1/s1. The molecule has 206 valence electrons. The zero-order valence-electron chi connectivity index (χ0n) is 21.7. The van der Waals surface area contributed by atoms with Crippen LogP contribution in [0.1, 0.15) is 18.9 Å². The minimum absolute atomic E-state index is 0.00842. The molecular weight excluding hydrogens is 533 g/mol. The minimum Gasteiger partial charge on any atom is -0.494 e. The fraction of sp³-hybridized carbons (Fsp3) is 0.292. The van der Waals surface area contributed by atoms with E-state index in [9.17, 15) is 12.8 Å². The summed E-state index contributed by atoms with van der Waals surface area (Å²) in [5.74, 6) is 0.326. The largest absolute Gasteiger partial charge is 0.494 e. The number of pyridine rings is 1. The van der Waals surface area contributed by atoms with Gasteiger partial charge in [0.1, 0.15) is 34.2 Å². The van der Waals surface area contributed by atoms with Gasteiger partial charge in [0.15, 0.2) is 17.5 Å². The Kier molecular flexibility index (Phi) is 8.21. The SMILES string of the molecule is COc1cccc(-c2nnc(NS(=O)(=O)[C@H](C)[C@@H](OC)c3ncc(F)cn3)n2-c2c(OC)cccc2OC)n1. The molecule has 0 aliphatic heterocycles. The van der Waals surface area contributed by atoms with Gasteiger partial charge < -0.3 is 18.9 Å². The van der Waals surface area contributed by atoms with Crippen molar-refractivity contribution in [1.29, 1.82) is 0 Å². The zero-order chi connectivity index (χ0) is 28.2. The number of halogens is 1. The maximum absolute atomic E-state index is 13.6. The molecular formula is C24H26FN7O6S. The van der Waals surface area contributed by atoms with Crippen LogP contribution in [0.4, 0.5) is 10.3 Å². The molecule has 2 atom stereocenters. The van der Waals surface area contributed by atoms with E-state index in [2.05, 4.69) is 29.9 Å². The van der Waals surface area contributed by atoms with E-state index in [1.807, 2.05) is 0 Å². The molecule has 1 N–H and O–H groups in total. The van der Waals surface area contributed by atoms with E-state index in [-0.39, 0.29) is 17.6 Å². The second kappa shape index (κ2) is 11.6. The van der Waals surface area contributed by atoms with Crippen molar-refractivity contribution in [3.8, 4) is 34.6 Å². The van der Waals surface area contributed by atoms with Crippen molar-refractivity contribution in [3.05, 3.63) is 60.4 Å². The molecule has 0 saturated heterocycles. The lowest BCUT2D eigenvalue weighted by Crippen LogP contribution is -2.33. The van der Waals surface area contributed by atoms with E-state index in [1.165, 1.54) is 39.9 Å². The van der Waals surface area contributed by atoms with Crippen LogP contribution in [0.3, 0.4) is 0 Å². The Labute approximate surface area is 224 Å². The van der Waals surface area contributed by atoms with Gasteiger partial charge in [0.25, 0.3) is 0 Å². The first-order valence-electron chi connectivity index (χ1n) is 11.4. The third-order valence-corrected chi connectivity index (χ3v) is 7.44. The van der Waals surface area contributed by atoms with Gasteiger partial charge in [-0.1, -0.05) is 12.1 Å². The average Bonchev–Trinajstić information content (AvgIpc) is 3.35. The van der Waals surface area contributed by atoms with Crippen LogP contribution in [0.5, 0.6) is 17.4 Å². The van der Waals surface area contributed by atoms with Gasteiger partial charge in [-0.2, -0.15) is 0 Å². The van der Waals surface area contributed by atoms with E-state index in [1.54, 1.807) is 36.4 Å². The fourth-order valence-corrected chi connectivity index (χ4v) is 4.92. The van der Waals surface area contributed by atoms with Crippen molar-refractivity contribution in [2.75, 3.05) is 33.2 Å². The van der Waals surface area contributed by atoms with Crippen molar-refractivity contribution in [3.63, 3.8) is 0 Å². The van der Waals surface area contributed by atoms with Gasteiger partial charge in [-0.15, -0.1) is 10.2 Å². The van der Waals surface area contributed by atoms with Crippen molar-refractivity contribution < 1.29 is 31.8 Å². The molecule has 0 fully saturated rings. The van der Waals surface area contributed by atoms with Crippen LogP contribution in [-0.4, -0.2) is 71.8 Å². The summed E-state index contributed by atoms with van der Waals surface area (Å²) in [6, 6.07) is 10.1. The lowest BCUT2D eigenvalue weighted by Gasteiger charge is -2.22. The number of para-hydroxylation sites is 1. The molecule has 0 bridgehead atoms. The maximum Gasteiger partial charge on any atom is 0.243 e. The van der Waals surface area contributed by atoms with Crippen LogP contribution in [0.15, 0.2) is 48.8 Å². The van der Waals surface area contributed by atoms with Crippen LogP contribution in [-0.2, 0) is 14.8 Å². The summed E-state index contributed by atoms with van der Waals surface area (Å²) < 4.78 is 66.1. The summed E-state index contributed by atoms with van der Waals surface area (Å²) in [6.07, 6.45) is 0.734. The smallest absolute Gasteiger partial charge is 0.243 e. The van der Waals surface area contributed by atoms with Crippen molar-refractivity contribution in [2.24, 2.45) is 0 Å². The first-order valence-corrected chi connectivity index (χ1v) is 13.0. The van der Waals surface area contributed by atoms with E-state index in [4.69, 9.17) is 18.9 Å². The number of nitrogens with zero attached hydrogens (tertiary/aromatic N) is 6. The van der Waals surface area contributed by atoms with Gasteiger partial charge >= 0.3 is 0 Å². The molecule has 15 heteroatoms. The summed E-state index contributed by atoms with van der Waals surface area (Å²) in [5.41, 5.74) is 0.658. The van der Waals surface area contributed by atoms with E-state index in [0.29, 0.717) is 28.8 Å². The Bertz CT molecular complexity index is 1530. The Hall–Kier alpha value is -4.37. The third kappa shape index (κ3) is 5.58. The lowest BCUT2D eigenvalue weighted by molar-refractivity contribution is 0.0948. The molecule has 13 nitrogen and oxygen atoms in total. The summed E-state index contributed by atoms with van der Waals surface area (Å²) in [7, 11) is 1.47. The van der Waals surface area contributed by atoms with Gasteiger partial charge in [0.05, 0.1) is 33.7 Å². The molecule has 0 aliphatic carbocycles. The monoisotopic (exact) mass is 559 g/mol. The zero-order valence-corrected chi connectivity index (χ0v) is 22.5. The normalized spacial score (nSPS) is 13.0. The molecule has 39 heavy (non-hydrogen) atoms. The first-order chi connectivity index (χ1) is 18.7. The number of rotatable bonds is 11. The first kappa shape index (κ1) is 27.7. The molecule has 0 aliphatic rings. The third-order valence-electron chi connectivity index (χ3n) is 5.75. The van der Waals surface area contributed by atoms with Crippen LogP contribution in [0, 0.1) is 5.82 Å². The van der Waals surface area contributed by atoms with Crippen LogP contribution in [0.25, 0.3) is 17.2 Å². The predicted octanol–water partition coefficient (Wildman–Crippen LogP) is 2.80. The van der Waals surface area contributed by atoms with Crippen molar-refractivity contribution in [2.45, 2.75) is 18.3 Å². The number of ether oxygens (including phenoxy) is 4. The molecule has 0 unspecified atom stereocenters. The van der Waals surface area contributed by atoms with Gasteiger partial charge in [-0.25, -0.2) is 27.8 Å². The summed E-state index contributed by atoms with van der Waals surface area (Å²) in [4.78, 5) is 12.2. The Morgan fingerprint density at radius 2 is 1.56 bits per heavy atom. The lowest BCUT2D eigenvalue weighted by atomic mass is 10.2. The quantitative estimate of drug-likeness (QED) is 0.289. The van der Waals surface area contributed by atoms with Gasteiger partial charge in [0, 0.05) is 13.2 Å². The molecule has 3 aromatic heterocycles. The van der Waals surface area contributed by atoms with Gasteiger partial charge in [-0.3, -0.25) is 9.29 Å². The highest BCUT2D eigenvalue weighted by Crippen LogP contribution is 2.38. The topological polar surface area (TPSA) is 152 Å². The number of hydrogen-bond donors (Lipinski definition) is 1. The molecule has 4 rings (SSSR count). The van der Waals surface area contributed by atoms with Gasteiger partial charge in [-0.05, 0) is 25.1 Å². The molecule has 4 aromatic rings. The number of anilines is 1. The van der Waals surface area contributed by atoms with Crippen molar-refractivity contribution in [1.82, 2.24) is 29.7 Å². The molecule has 3 heterocycles.